The molecule has 7 nitrogen and oxygen atoms in total. The van der Waals surface area contributed by atoms with Crippen LogP contribution in [-0.2, 0) is 14.8 Å². The largest absolute Gasteiger partial charge is 0.495 e. The van der Waals surface area contributed by atoms with Crippen molar-refractivity contribution in [3.63, 3.8) is 0 Å². The maximum Gasteiger partial charge on any atom is 0.262 e. The zero-order chi connectivity index (χ0) is 21.6. The minimum Gasteiger partial charge on any atom is -0.495 e. The van der Waals surface area contributed by atoms with Crippen molar-refractivity contribution in [3.8, 4) is 11.5 Å². The minimum atomic E-state index is -3.95. The van der Waals surface area contributed by atoms with Gasteiger partial charge in [0.25, 0.3) is 10.0 Å². The van der Waals surface area contributed by atoms with Crippen LogP contribution in [0.4, 0.5) is 11.4 Å². The van der Waals surface area contributed by atoms with Crippen LogP contribution in [0.2, 0.25) is 5.02 Å². The lowest BCUT2D eigenvalue weighted by Crippen LogP contribution is -2.48. The molecule has 0 radical (unpaired) electrons. The Bertz CT molecular complexity index is 1080. The first-order valence-corrected chi connectivity index (χ1v) is 10.8. The molecule has 1 amide bonds. The molecule has 1 heterocycles. The molecule has 0 saturated heterocycles. The predicted molar refractivity (Wildman–Crippen MR) is 113 cm³/mol. The zero-order valence-corrected chi connectivity index (χ0v) is 18.4. The Kier molecular flexibility index (Phi) is 5.44. The molecule has 0 aromatic heterocycles. The number of amides is 1. The summed E-state index contributed by atoms with van der Waals surface area (Å²) in [5.41, 5.74) is 0.812. The summed E-state index contributed by atoms with van der Waals surface area (Å²) >= 11 is 6.09. The van der Waals surface area contributed by atoms with Crippen LogP contribution in [0.25, 0.3) is 0 Å². The average Bonchev–Trinajstić information content (AvgIpc) is 2.62. The molecular formula is C20H23ClN2O5S. The maximum atomic E-state index is 13.0. The molecule has 1 aliphatic heterocycles. The first kappa shape index (κ1) is 21.3. The number of anilines is 2. The van der Waals surface area contributed by atoms with Gasteiger partial charge in [0.15, 0.2) is 0 Å². The van der Waals surface area contributed by atoms with Crippen LogP contribution in [0.3, 0.4) is 0 Å². The Hall–Kier alpha value is -2.45. The Balaban J connectivity index is 2.02. The van der Waals surface area contributed by atoms with Crippen molar-refractivity contribution in [1.29, 1.82) is 0 Å². The monoisotopic (exact) mass is 438 g/mol. The Morgan fingerprint density at radius 2 is 1.97 bits per heavy atom. The third-order valence-corrected chi connectivity index (χ3v) is 6.33. The molecule has 0 unspecified atom stereocenters. The van der Waals surface area contributed by atoms with Crippen LogP contribution >= 0.6 is 11.6 Å². The van der Waals surface area contributed by atoms with E-state index >= 15 is 0 Å². The van der Waals surface area contributed by atoms with Gasteiger partial charge >= 0.3 is 0 Å². The molecule has 156 valence electrons. The number of carbonyl (C=O) groups excluding carboxylic acids is 1. The average molecular weight is 439 g/mol. The van der Waals surface area contributed by atoms with Crippen LogP contribution in [0.5, 0.6) is 11.5 Å². The van der Waals surface area contributed by atoms with E-state index < -0.39 is 15.6 Å². The molecule has 1 aliphatic rings. The van der Waals surface area contributed by atoms with E-state index in [9.17, 15) is 13.2 Å². The number of hydrogen-bond acceptors (Lipinski definition) is 5. The molecule has 1 N–H and O–H groups in total. The number of sulfonamides is 1. The summed E-state index contributed by atoms with van der Waals surface area (Å²) in [6.45, 7) is 7.26. The highest BCUT2D eigenvalue weighted by atomic mass is 35.5. The molecule has 0 atom stereocenters. The number of benzene rings is 2. The van der Waals surface area contributed by atoms with Crippen molar-refractivity contribution in [2.24, 2.45) is 0 Å². The topological polar surface area (TPSA) is 84.9 Å². The van der Waals surface area contributed by atoms with Gasteiger partial charge in [-0.25, -0.2) is 8.42 Å². The Morgan fingerprint density at radius 1 is 1.28 bits per heavy atom. The summed E-state index contributed by atoms with van der Waals surface area (Å²) < 4.78 is 39.7. The lowest BCUT2D eigenvalue weighted by atomic mass is 10.1. The summed E-state index contributed by atoms with van der Waals surface area (Å²) in [6, 6.07) is 7.59. The van der Waals surface area contributed by atoms with Gasteiger partial charge in [-0.2, -0.15) is 0 Å². The van der Waals surface area contributed by atoms with E-state index in [4.69, 9.17) is 21.1 Å². The van der Waals surface area contributed by atoms with Gasteiger partial charge < -0.3 is 14.4 Å². The summed E-state index contributed by atoms with van der Waals surface area (Å²) in [6.07, 6.45) is 0. The van der Waals surface area contributed by atoms with Crippen LogP contribution in [0.15, 0.2) is 35.2 Å². The van der Waals surface area contributed by atoms with E-state index in [0.717, 1.165) is 0 Å². The molecule has 3 rings (SSSR count). The third-order valence-electron chi connectivity index (χ3n) is 4.56. The number of nitrogens with zero attached hydrogens (tertiary/aromatic N) is 1. The molecule has 2 aromatic carbocycles. The predicted octanol–water partition coefficient (Wildman–Crippen LogP) is 3.98. The number of aryl methyl sites for hydroxylation is 1. The molecule has 0 bridgehead atoms. The van der Waals surface area contributed by atoms with E-state index in [1.807, 2.05) is 13.8 Å². The number of halogens is 1. The van der Waals surface area contributed by atoms with E-state index in [0.29, 0.717) is 34.3 Å². The van der Waals surface area contributed by atoms with Crippen LogP contribution < -0.4 is 19.1 Å². The van der Waals surface area contributed by atoms with Crippen LogP contribution in [0, 0.1) is 6.92 Å². The molecule has 0 spiro atoms. The summed E-state index contributed by atoms with van der Waals surface area (Å²) in [5, 5.41) is 0.468. The van der Waals surface area contributed by atoms with Gasteiger partial charge in [-0.3, -0.25) is 9.52 Å². The molecule has 29 heavy (non-hydrogen) atoms. The van der Waals surface area contributed by atoms with Crippen molar-refractivity contribution < 1.29 is 22.7 Å². The second kappa shape index (κ2) is 7.42. The quantitative estimate of drug-likeness (QED) is 0.780. The standard InChI is InChI=1S/C20H23ClN2O5S/c1-12-8-16(19(27-5)10-15(12)21)22-29(25,26)14-6-7-18-17(9-14)23(13(2)24)11-20(3,4)28-18/h6-10,22H,11H2,1-5H3. The fourth-order valence-corrected chi connectivity index (χ4v) is 4.39. The SMILES string of the molecule is COc1cc(Cl)c(C)cc1NS(=O)(=O)c1ccc2c(c1)N(C(C)=O)CC(C)(C)O2. The first-order valence-electron chi connectivity index (χ1n) is 8.92. The fraction of sp³-hybridized carbons (Fsp3) is 0.350. The number of nitrogens with one attached hydrogen (secondary N) is 1. The van der Waals surface area contributed by atoms with Crippen LogP contribution in [0.1, 0.15) is 26.3 Å². The van der Waals surface area contributed by atoms with Gasteiger partial charge in [0.05, 0.1) is 29.9 Å². The highest BCUT2D eigenvalue weighted by Crippen LogP contribution is 2.39. The lowest BCUT2D eigenvalue weighted by molar-refractivity contribution is -0.117. The molecular weight excluding hydrogens is 416 g/mol. The number of rotatable bonds is 4. The minimum absolute atomic E-state index is 0.000428. The van der Waals surface area contributed by atoms with Crippen LogP contribution in [-0.4, -0.2) is 33.6 Å². The highest BCUT2D eigenvalue weighted by molar-refractivity contribution is 7.92. The van der Waals surface area contributed by atoms with Gasteiger partial charge in [0.2, 0.25) is 5.91 Å². The van der Waals surface area contributed by atoms with Gasteiger partial charge in [0, 0.05) is 18.0 Å². The van der Waals surface area contributed by atoms with Gasteiger partial charge in [0.1, 0.15) is 17.1 Å². The number of fused-ring (bicyclic) bond motifs is 1. The van der Waals surface area contributed by atoms with Gasteiger partial charge in [-0.1, -0.05) is 11.6 Å². The molecule has 2 aromatic rings. The number of ether oxygens (including phenoxy) is 2. The Morgan fingerprint density at radius 3 is 2.59 bits per heavy atom. The summed E-state index contributed by atoms with van der Waals surface area (Å²) in [4.78, 5) is 13.6. The maximum absolute atomic E-state index is 13.0. The fourth-order valence-electron chi connectivity index (χ4n) is 3.15. The first-order chi connectivity index (χ1) is 13.4. The van der Waals surface area contributed by atoms with E-state index in [1.165, 1.54) is 31.1 Å². The second-order valence-electron chi connectivity index (χ2n) is 7.50. The van der Waals surface area contributed by atoms with E-state index in [-0.39, 0.29) is 16.5 Å². The smallest absolute Gasteiger partial charge is 0.262 e. The molecule has 0 fully saturated rings. The number of methoxy groups -OCH3 is 1. The van der Waals surface area contributed by atoms with Crippen molar-refractivity contribution in [2.45, 2.75) is 38.2 Å². The van der Waals surface area contributed by atoms with E-state index in [2.05, 4.69) is 4.72 Å². The number of carbonyl (C=O) groups is 1. The van der Waals surface area contributed by atoms with E-state index in [1.54, 1.807) is 25.1 Å². The van der Waals surface area contributed by atoms with Crippen molar-refractivity contribution in [1.82, 2.24) is 0 Å². The Labute approximate surface area is 175 Å². The normalized spacial score (nSPS) is 15.3. The van der Waals surface area contributed by atoms with Gasteiger partial charge in [-0.05, 0) is 50.6 Å². The molecule has 0 aliphatic carbocycles. The molecule has 9 heteroatoms. The van der Waals surface area contributed by atoms with Gasteiger partial charge in [-0.15, -0.1) is 0 Å². The highest BCUT2D eigenvalue weighted by Gasteiger charge is 2.34. The zero-order valence-electron chi connectivity index (χ0n) is 16.9. The van der Waals surface area contributed by atoms with Crippen molar-refractivity contribution in [3.05, 3.63) is 40.9 Å². The second-order valence-corrected chi connectivity index (χ2v) is 9.59. The lowest BCUT2D eigenvalue weighted by Gasteiger charge is -2.39. The van der Waals surface area contributed by atoms with Crippen molar-refractivity contribution >= 4 is 38.9 Å². The summed E-state index contributed by atoms with van der Waals surface area (Å²) in [7, 11) is -2.52. The van der Waals surface area contributed by atoms with Crippen molar-refractivity contribution in [2.75, 3.05) is 23.3 Å². The third kappa shape index (κ3) is 4.28. The number of hydrogen-bond donors (Lipinski definition) is 1. The summed E-state index contributed by atoms with van der Waals surface area (Å²) in [5.74, 6) is 0.563. The molecule has 0 saturated carbocycles.